The molecule has 1 unspecified atom stereocenters. The van der Waals surface area contributed by atoms with Crippen LogP contribution in [0.3, 0.4) is 0 Å². The third kappa shape index (κ3) is 2.08. The van der Waals surface area contributed by atoms with Gasteiger partial charge in [-0.25, -0.2) is 0 Å². The van der Waals surface area contributed by atoms with Crippen molar-refractivity contribution >= 4 is 10.8 Å². The summed E-state index contributed by atoms with van der Waals surface area (Å²) in [5.74, 6) is 0.607. The van der Waals surface area contributed by atoms with Gasteiger partial charge in [-0.3, -0.25) is 4.98 Å². The summed E-state index contributed by atoms with van der Waals surface area (Å²) < 4.78 is 0. The summed E-state index contributed by atoms with van der Waals surface area (Å²) in [7, 11) is 0. The Morgan fingerprint density at radius 3 is 2.69 bits per heavy atom. The first-order chi connectivity index (χ1) is 7.86. The fourth-order valence-electron chi connectivity index (χ4n) is 2.35. The Hall–Kier alpha value is -1.37. The molecule has 0 aliphatic carbocycles. The van der Waals surface area contributed by atoms with E-state index < -0.39 is 0 Å². The van der Waals surface area contributed by atoms with E-state index in [2.05, 4.69) is 49.2 Å². The van der Waals surface area contributed by atoms with Crippen LogP contribution in [0.5, 0.6) is 0 Å². The summed E-state index contributed by atoms with van der Waals surface area (Å²) in [4.78, 5) is 4.60. The van der Waals surface area contributed by atoms with Gasteiger partial charge in [-0.2, -0.15) is 0 Å². The molecule has 84 valence electrons. The van der Waals surface area contributed by atoms with Crippen molar-refractivity contribution < 1.29 is 0 Å². The molecule has 16 heavy (non-hydrogen) atoms. The lowest BCUT2D eigenvalue weighted by atomic mass is 9.93. The average Bonchev–Trinajstić information content (AvgIpc) is 2.35. The SMILES string of the molecule is CCCC(CC)c1nccc2ccccc12. The molecule has 0 bridgehead atoms. The van der Waals surface area contributed by atoms with Gasteiger partial charge in [0.2, 0.25) is 0 Å². The zero-order valence-corrected chi connectivity index (χ0v) is 10.1. The first-order valence-electron chi connectivity index (χ1n) is 6.20. The highest BCUT2D eigenvalue weighted by atomic mass is 14.7. The molecule has 0 saturated heterocycles. The van der Waals surface area contributed by atoms with Gasteiger partial charge in [0.05, 0.1) is 5.69 Å². The van der Waals surface area contributed by atoms with Crippen molar-refractivity contribution in [2.24, 2.45) is 0 Å². The van der Waals surface area contributed by atoms with Gasteiger partial charge in [0, 0.05) is 17.5 Å². The van der Waals surface area contributed by atoms with E-state index in [0.717, 1.165) is 0 Å². The summed E-state index contributed by atoms with van der Waals surface area (Å²) in [5, 5.41) is 2.63. The Morgan fingerprint density at radius 2 is 1.94 bits per heavy atom. The lowest BCUT2D eigenvalue weighted by Crippen LogP contribution is -2.00. The summed E-state index contributed by atoms with van der Waals surface area (Å²) in [6.07, 6.45) is 5.58. The van der Waals surface area contributed by atoms with Crippen molar-refractivity contribution in [1.82, 2.24) is 4.98 Å². The van der Waals surface area contributed by atoms with Crippen molar-refractivity contribution in [2.75, 3.05) is 0 Å². The summed E-state index contributed by atoms with van der Waals surface area (Å²) in [6.45, 7) is 4.50. The summed E-state index contributed by atoms with van der Waals surface area (Å²) >= 11 is 0. The molecular weight excluding hydrogens is 194 g/mol. The Bertz CT molecular complexity index is 456. The highest BCUT2D eigenvalue weighted by Gasteiger charge is 2.12. The first kappa shape index (κ1) is 11.1. The number of fused-ring (bicyclic) bond motifs is 1. The standard InChI is InChI=1S/C15H19N/c1-3-7-12(4-2)15-14-9-6-5-8-13(14)10-11-16-15/h5-6,8-12H,3-4,7H2,1-2H3. The van der Waals surface area contributed by atoms with E-state index >= 15 is 0 Å². The molecule has 1 nitrogen and oxygen atoms in total. The monoisotopic (exact) mass is 213 g/mol. The maximum absolute atomic E-state index is 4.60. The van der Waals surface area contributed by atoms with Crippen molar-refractivity contribution in [3.63, 3.8) is 0 Å². The minimum atomic E-state index is 0.607. The third-order valence-corrected chi connectivity index (χ3v) is 3.22. The van der Waals surface area contributed by atoms with Crippen LogP contribution in [0.15, 0.2) is 36.5 Å². The van der Waals surface area contributed by atoms with Crippen molar-refractivity contribution in [1.29, 1.82) is 0 Å². The van der Waals surface area contributed by atoms with Gasteiger partial charge in [0.25, 0.3) is 0 Å². The van der Waals surface area contributed by atoms with Gasteiger partial charge in [-0.15, -0.1) is 0 Å². The van der Waals surface area contributed by atoms with Crippen LogP contribution in [-0.4, -0.2) is 4.98 Å². The fourth-order valence-corrected chi connectivity index (χ4v) is 2.35. The Morgan fingerprint density at radius 1 is 1.12 bits per heavy atom. The van der Waals surface area contributed by atoms with Crippen molar-refractivity contribution in [3.8, 4) is 0 Å². The zero-order chi connectivity index (χ0) is 11.4. The van der Waals surface area contributed by atoms with E-state index in [9.17, 15) is 0 Å². The minimum Gasteiger partial charge on any atom is -0.260 e. The molecule has 0 fully saturated rings. The van der Waals surface area contributed by atoms with Crippen molar-refractivity contribution in [2.45, 2.75) is 39.0 Å². The molecule has 0 aliphatic heterocycles. The molecule has 1 heterocycles. The summed E-state index contributed by atoms with van der Waals surface area (Å²) in [6, 6.07) is 10.6. The maximum atomic E-state index is 4.60. The van der Waals surface area contributed by atoms with Crippen LogP contribution in [-0.2, 0) is 0 Å². The van der Waals surface area contributed by atoms with E-state index in [1.54, 1.807) is 0 Å². The van der Waals surface area contributed by atoms with E-state index in [0.29, 0.717) is 5.92 Å². The highest BCUT2D eigenvalue weighted by Crippen LogP contribution is 2.28. The molecule has 2 aromatic rings. The number of benzene rings is 1. The van der Waals surface area contributed by atoms with Gasteiger partial charge in [-0.05, 0) is 24.3 Å². The van der Waals surface area contributed by atoms with Crippen LogP contribution >= 0.6 is 0 Å². The smallest absolute Gasteiger partial charge is 0.0512 e. The molecule has 1 heteroatoms. The normalized spacial score (nSPS) is 12.9. The maximum Gasteiger partial charge on any atom is 0.0512 e. The number of hydrogen-bond donors (Lipinski definition) is 0. The number of hydrogen-bond acceptors (Lipinski definition) is 1. The van der Waals surface area contributed by atoms with Gasteiger partial charge in [0.1, 0.15) is 0 Å². The minimum absolute atomic E-state index is 0.607. The molecule has 1 aromatic carbocycles. The molecule has 2 rings (SSSR count). The quantitative estimate of drug-likeness (QED) is 0.727. The predicted molar refractivity (Wildman–Crippen MR) is 69.7 cm³/mol. The number of rotatable bonds is 4. The number of nitrogens with zero attached hydrogens (tertiary/aromatic N) is 1. The largest absolute Gasteiger partial charge is 0.260 e. The second kappa shape index (κ2) is 5.11. The van der Waals surface area contributed by atoms with Gasteiger partial charge < -0.3 is 0 Å². The predicted octanol–water partition coefficient (Wildman–Crippen LogP) is 4.53. The van der Waals surface area contributed by atoms with E-state index in [-0.39, 0.29) is 0 Å². The Balaban J connectivity index is 2.50. The first-order valence-corrected chi connectivity index (χ1v) is 6.20. The second-order valence-electron chi connectivity index (χ2n) is 4.31. The molecule has 0 radical (unpaired) electrons. The number of aromatic nitrogens is 1. The van der Waals surface area contributed by atoms with Gasteiger partial charge in [0.15, 0.2) is 0 Å². The molecule has 1 atom stereocenters. The lowest BCUT2D eigenvalue weighted by Gasteiger charge is -2.15. The molecular formula is C15H19N. The van der Waals surface area contributed by atoms with Crippen LogP contribution < -0.4 is 0 Å². The molecule has 0 amide bonds. The molecule has 0 aliphatic rings. The van der Waals surface area contributed by atoms with Gasteiger partial charge in [-0.1, -0.05) is 44.5 Å². The Kier molecular flexibility index (Phi) is 3.55. The Labute approximate surface area is 97.5 Å². The van der Waals surface area contributed by atoms with Crippen LogP contribution in [0.25, 0.3) is 10.8 Å². The fraction of sp³-hybridized carbons (Fsp3) is 0.400. The van der Waals surface area contributed by atoms with E-state index in [4.69, 9.17) is 0 Å². The number of pyridine rings is 1. The van der Waals surface area contributed by atoms with Crippen LogP contribution in [0, 0.1) is 0 Å². The summed E-state index contributed by atoms with van der Waals surface area (Å²) in [5.41, 5.74) is 1.28. The van der Waals surface area contributed by atoms with Crippen LogP contribution in [0.4, 0.5) is 0 Å². The van der Waals surface area contributed by atoms with Crippen LogP contribution in [0.1, 0.15) is 44.7 Å². The third-order valence-electron chi connectivity index (χ3n) is 3.22. The van der Waals surface area contributed by atoms with Gasteiger partial charge >= 0.3 is 0 Å². The lowest BCUT2D eigenvalue weighted by molar-refractivity contribution is 0.586. The topological polar surface area (TPSA) is 12.9 Å². The average molecular weight is 213 g/mol. The second-order valence-corrected chi connectivity index (χ2v) is 4.31. The molecule has 0 spiro atoms. The zero-order valence-electron chi connectivity index (χ0n) is 10.1. The van der Waals surface area contributed by atoms with E-state index in [1.165, 1.54) is 35.7 Å². The van der Waals surface area contributed by atoms with Crippen LogP contribution in [0.2, 0.25) is 0 Å². The van der Waals surface area contributed by atoms with Crippen molar-refractivity contribution in [3.05, 3.63) is 42.2 Å². The molecule has 0 N–H and O–H groups in total. The molecule has 1 aromatic heterocycles. The highest BCUT2D eigenvalue weighted by molar-refractivity contribution is 5.84. The molecule has 0 saturated carbocycles. The van der Waals surface area contributed by atoms with E-state index in [1.807, 2.05) is 6.20 Å².